The Morgan fingerprint density at radius 3 is 2.08 bits per heavy atom. The van der Waals surface area contributed by atoms with Crippen molar-refractivity contribution < 1.29 is 4.79 Å². The van der Waals surface area contributed by atoms with Crippen molar-refractivity contribution in [3.8, 4) is 0 Å². The average Bonchev–Trinajstić information content (AvgIpc) is 2.02. The van der Waals surface area contributed by atoms with Gasteiger partial charge < -0.3 is 0 Å². The smallest absolute Gasteiger partial charge is 0.138 e. The fourth-order valence-electron chi connectivity index (χ4n) is 1.19. The average molecular weight is 202 g/mol. The summed E-state index contributed by atoms with van der Waals surface area (Å²) in [5, 5.41) is 0.682. The Labute approximate surface area is 86.7 Å². The van der Waals surface area contributed by atoms with Crippen LogP contribution in [0.15, 0.2) is 0 Å². The highest BCUT2D eigenvalue weighted by Gasteiger charge is 2.15. The highest BCUT2D eigenvalue weighted by molar-refractivity contribution is 7.99. The molecule has 0 saturated heterocycles. The third kappa shape index (κ3) is 6.14. The van der Waals surface area contributed by atoms with Gasteiger partial charge in [-0.1, -0.05) is 34.6 Å². The summed E-state index contributed by atoms with van der Waals surface area (Å²) in [5.41, 5.74) is 0. The van der Waals surface area contributed by atoms with Gasteiger partial charge in [-0.3, -0.25) is 4.79 Å². The Morgan fingerprint density at radius 1 is 1.15 bits per heavy atom. The third-order valence-corrected chi connectivity index (χ3v) is 3.19. The number of carbonyl (C=O) groups is 1. The van der Waals surface area contributed by atoms with E-state index < -0.39 is 0 Å². The number of carbonyl (C=O) groups excluding carboxylic acids is 1. The normalized spacial score (nSPS) is 13.8. The highest BCUT2D eigenvalue weighted by atomic mass is 32.2. The molecule has 0 heterocycles. The van der Waals surface area contributed by atoms with Crippen LogP contribution in [0.2, 0.25) is 0 Å². The maximum atomic E-state index is 11.5. The van der Waals surface area contributed by atoms with E-state index in [0.717, 1.165) is 12.2 Å². The summed E-state index contributed by atoms with van der Waals surface area (Å²) in [6.07, 6.45) is 1.03. The van der Waals surface area contributed by atoms with Crippen molar-refractivity contribution in [3.05, 3.63) is 0 Å². The van der Waals surface area contributed by atoms with Crippen LogP contribution < -0.4 is 0 Å². The number of Topliss-reactive ketones (excluding diaryl/α,β-unsaturated/α-hetero) is 1. The molecular weight excluding hydrogens is 180 g/mol. The van der Waals surface area contributed by atoms with Gasteiger partial charge in [0, 0.05) is 11.8 Å². The summed E-state index contributed by atoms with van der Waals surface area (Å²) in [4.78, 5) is 11.5. The van der Waals surface area contributed by atoms with Crippen LogP contribution >= 0.6 is 11.8 Å². The summed E-state index contributed by atoms with van der Waals surface area (Å²) in [6.45, 7) is 10.4. The monoisotopic (exact) mass is 202 g/mol. The second-order valence-corrected chi connectivity index (χ2v) is 5.85. The fourth-order valence-corrected chi connectivity index (χ4v) is 2.15. The molecule has 0 aromatic rings. The molecular formula is C11H22OS. The first-order valence-corrected chi connectivity index (χ1v) is 6.15. The van der Waals surface area contributed by atoms with E-state index in [2.05, 4.69) is 13.8 Å². The number of ketones is 1. The van der Waals surface area contributed by atoms with Crippen molar-refractivity contribution in [2.75, 3.05) is 5.75 Å². The molecule has 1 atom stereocenters. The summed E-state index contributed by atoms with van der Waals surface area (Å²) >= 11 is 1.94. The Kier molecular flexibility index (Phi) is 6.48. The fraction of sp³-hybridized carbons (Fsp3) is 0.909. The molecule has 0 aliphatic rings. The van der Waals surface area contributed by atoms with E-state index in [1.807, 2.05) is 32.5 Å². The van der Waals surface area contributed by atoms with E-state index >= 15 is 0 Å². The lowest BCUT2D eigenvalue weighted by atomic mass is 9.95. The van der Waals surface area contributed by atoms with Crippen LogP contribution in [0.3, 0.4) is 0 Å². The standard InChI is InChI=1S/C11H22OS/c1-8(2)11(12)10(5)6-7-13-9(3)4/h8-10H,6-7H2,1-5H3. The molecule has 78 valence electrons. The molecule has 0 amide bonds. The minimum atomic E-state index is 0.194. The van der Waals surface area contributed by atoms with Crippen LogP contribution in [0, 0.1) is 11.8 Å². The molecule has 0 aromatic heterocycles. The van der Waals surface area contributed by atoms with E-state index in [0.29, 0.717) is 11.0 Å². The highest BCUT2D eigenvalue weighted by Crippen LogP contribution is 2.16. The van der Waals surface area contributed by atoms with Crippen LogP contribution in [0.4, 0.5) is 0 Å². The second kappa shape index (κ2) is 6.47. The quantitative estimate of drug-likeness (QED) is 0.657. The molecule has 1 unspecified atom stereocenters. The lowest BCUT2D eigenvalue weighted by Crippen LogP contribution is -2.17. The van der Waals surface area contributed by atoms with Gasteiger partial charge in [-0.15, -0.1) is 0 Å². The lowest BCUT2D eigenvalue weighted by Gasteiger charge is -2.13. The van der Waals surface area contributed by atoms with Crippen molar-refractivity contribution in [1.29, 1.82) is 0 Å². The topological polar surface area (TPSA) is 17.1 Å². The van der Waals surface area contributed by atoms with Gasteiger partial charge in [0.25, 0.3) is 0 Å². The van der Waals surface area contributed by atoms with Crippen LogP contribution in [0.25, 0.3) is 0 Å². The van der Waals surface area contributed by atoms with Gasteiger partial charge in [0.1, 0.15) is 5.78 Å². The van der Waals surface area contributed by atoms with Crippen molar-refractivity contribution in [1.82, 2.24) is 0 Å². The van der Waals surface area contributed by atoms with E-state index in [9.17, 15) is 4.79 Å². The molecule has 0 fully saturated rings. The number of rotatable bonds is 6. The zero-order valence-electron chi connectivity index (χ0n) is 9.46. The lowest BCUT2D eigenvalue weighted by molar-refractivity contribution is -0.125. The maximum absolute atomic E-state index is 11.5. The molecule has 0 rings (SSSR count). The molecule has 1 nitrogen and oxygen atoms in total. The Balaban J connectivity index is 3.62. The van der Waals surface area contributed by atoms with Crippen molar-refractivity contribution in [2.24, 2.45) is 11.8 Å². The van der Waals surface area contributed by atoms with Gasteiger partial charge in [-0.2, -0.15) is 11.8 Å². The van der Waals surface area contributed by atoms with Gasteiger partial charge in [-0.25, -0.2) is 0 Å². The summed E-state index contributed by atoms with van der Waals surface area (Å²) in [6, 6.07) is 0. The van der Waals surface area contributed by atoms with Gasteiger partial charge in [0.05, 0.1) is 0 Å². The van der Waals surface area contributed by atoms with E-state index in [4.69, 9.17) is 0 Å². The van der Waals surface area contributed by atoms with Crippen molar-refractivity contribution in [2.45, 2.75) is 46.3 Å². The van der Waals surface area contributed by atoms with Gasteiger partial charge in [0.2, 0.25) is 0 Å². The van der Waals surface area contributed by atoms with Crippen molar-refractivity contribution in [3.63, 3.8) is 0 Å². The molecule has 0 aromatic carbocycles. The molecule has 2 heteroatoms. The van der Waals surface area contributed by atoms with Gasteiger partial charge in [-0.05, 0) is 17.4 Å². The zero-order valence-corrected chi connectivity index (χ0v) is 10.3. The molecule has 0 radical (unpaired) electrons. The number of hydrogen-bond acceptors (Lipinski definition) is 2. The van der Waals surface area contributed by atoms with Crippen LogP contribution in [0.5, 0.6) is 0 Å². The number of hydrogen-bond donors (Lipinski definition) is 0. The van der Waals surface area contributed by atoms with Crippen LogP contribution in [-0.4, -0.2) is 16.8 Å². The first-order valence-electron chi connectivity index (χ1n) is 5.10. The maximum Gasteiger partial charge on any atom is 0.138 e. The zero-order chi connectivity index (χ0) is 10.4. The molecule has 0 aliphatic carbocycles. The molecule has 0 spiro atoms. The first-order chi connectivity index (χ1) is 5.95. The summed E-state index contributed by atoms with van der Waals surface area (Å²) < 4.78 is 0. The molecule has 13 heavy (non-hydrogen) atoms. The van der Waals surface area contributed by atoms with E-state index in [-0.39, 0.29) is 11.8 Å². The summed E-state index contributed by atoms with van der Waals surface area (Å²) in [7, 11) is 0. The van der Waals surface area contributed by atoms with Gasteiger partial charge >= 0.3 is 0 Å². The van der Waals surface area contributed by atoms with Crippen LogP contribution in [-0.2, 0) is 4.79 Å². The molecule has 0 aliphatic heterocycles. The Hall–Kier alpha value is 0.0200. The predicted molar refractivity (Wildman–Crippen MR) is 61.2 cm³/mol. The Bertz CT molecular complexity index is 152. The second-order valence-electron chi connectivity index (χ2n) is 4.17. The largest absolute Gasteiger partial charge is 0.299 e. The van der Waals surface area contributed by atoms with Crippen molar-refractivity contribution >= 4 is 17.5 Å². The SMILES string of the molecule is CC(C)SCCC(C)C(=O)C(C)C. The number of thioether (sulfide) groups is 1. The minimum absolute atomic E-state index is 0.194. The summed E-state index contributed by atoms with van der Waals surface area (Å²) in [5.74, 6) is 1.95. The Morgan fingerprint density at radius 2 is 1.69 bits per heavy atom. The third-order valence-electron chi connectivity index (χ3n) is 2.06. The van der Waals surface area contributed by atoms with Crippen LogP contribution in [0.1, 0.15) is 41.0 Å². The minimum Gasteiger partial charge on any atom is -0.299 e. The molecule has 0 bridgehead atoms. The molecule has 0 saturated carbocycles. The first kappa shape index (κ1) is 13.0. The predicted octanol–water partition coefficient (Wildman–Crippen LogP) is 3.38. The van der Waals surface area contributed by atoms with E-state index in [1.54, 1.807) is 0 Å². The van der Waals surface area contributed by atoms with E-state index in [1.165, 1.54) is 0 Å². The van der Waals surface area contributed by atoms with Gasteiger partial charge in [0.15, 0.2) is 0 Å². The molecule has 0 N–H and O–H groups in total.